The van der Waals surface area contributed by atoms with E-state index in [4.69, 9.17) is 4.74 Å². The number of fused-ring (bicyclic) bond motifs is 1. The highest BCUT2D eigenvalue weighted by Crippen LogP contribution is 2.39. The Balaban J connectivity index is 1.50. The summed E-state index contributed by atoms with van der Waals surface area (Å²) >= 11 is 0. The molecular weight excluding hydrogens is 482 g/mol. The molecule has 2 aromatic heterocycles. The highest BCUT2D eigenvalue weighted by atomic mass is 16.5. The number of nitrogens with one attached hydrogen (secondary N) is 1. The number of pyridine rings is 1. The number of aromatic nitrogens is 2. The van der Waals surface area contributed by atoms with Crippen LogP contribution in [0.1, 0.15) is 50.4 Å². The third kappa shape index (κ3) is 4.56. The summed E-state index contributed by atoms with van der Waals surface area (Å²) in [4.78, 5) is 47.8. The Labute approximate surface area is 219 Å². The number of aryl methyl sites for hydroxylation is 1. The highest BCUT2D eigenvalue weighted by molar-refractivity contribution is 6.16. The van der Waals surface area contributed by atoms with Crippen LogP contribution in [0.4, 0.5) is 0 Å². The number of esters is 1. The molecule has 2 aromatic carbocycles. The smallest absolute Gasteiger partial charge is 0.338 e. The molecule has 192 valence electrons. The maximum Gasteiger partial charge on any atom is 0.338 e. The van der Waals surface area contributed by atoms with E-state index in [0.29, 0.717) is 17.5 Å². The Kier molecular flexibility index (Phi) is 6.79. The first-order chi connectivity index (χ1) is 18.4. The number of ether oxygens (including phenoxy) is 1. The maximum absolute atomic E-state index is 13.5. The van der Waals surface area contributed by atoms with Crippen LogP contribution in [-0.2, 0) is 16.0 Å². The van der Waals surface area contributed by atoms with E-state index >= 15 is 0 Å². The zero-order valence-corrected chi connectivity index (χ0v) is 21.1. The van der Waals surface area contributed by atoms with Crippen molar-refractivity contribution < 1.29 is 24.2 Å². The molecule has 8 nitrogen and oxygen atoms in total. The minimum atomic E-state index is -0.834. The third-order valence-corrected chi connectivity index (χ3v) is 6.75. The number of ketones is 1. The van der Waals surface area contributed by atoms with E-state index in [-0.39, 0.29) is 24.3 Å². The van der Waals surface area contributed by atoms with Crippen LogP contribution in [-0.4, -0.2) is 50.8 Å². The van der Waals surface area contributed by atoms with Crippen LogP contribution in [0.25, 0.3) is 10.9 Å². The normalized spacial score (nSPS) is 15.4. The summed E-state index contributed by atoms with van der Waals surface area (Å²) in [6.45, 7) is 4.26. The van der Waals surface area contributed by atoms with Gasteiger partial charge in [0.05, 0.1) is 23.8 Å². The first-order valence-corrected chi connectivity index (χ1v) is 12.4. The van der Waals surface area contributed by atoms with E-state index in [1.807, 2.05) is 25.3 Å². The molecular formula is C30H27N3O5. The van der Waals surface area contributed by atoms with Gasteiger partial charge in [-0.15, -0.1) is 0 Å². The zero-order valence-electron chi connectivity index (χ0n) is 21.1. The van der Waals surface area contributed by atoms with Gasteiger partial charge in [-0.05, 0) is 67.3 Å². The van der Waals surface area contributed by atoms with Crippen molar-refractivity contribution in [1.82, 2.24) is 14.9 Å². The van der Waals surface area contributed by atoms with Crippen molar-refractivity contribution in [2.24, 2.45) is 0 Å². The van der Waals surface area contributed by atoms with Crippen molar-refractivity contribution in [3.05, 3.63) is 112 Å². The van der Waals surface area contributed by atoms with Crippen LogP contribution in [0.2, 0.25) is 0 Å². The first kappa shape index (κ1) is 25.0. The summed E-state index contributed by atoms with van der Waals surface area (Å²) in [7, 11) is 0. The van der Waals surface area contributed by atoms with Gasteiger partial charge in [-0.25, -0.2) is 4.79 Å². The van der Waals surface area contributed by atoms with Gasteiger partial charge in [0.1, 0.15) is 0 Å². The Hall–Kier alpha value is -4.72. The van der Waals surface area contributed by atoms with Gasteiger partial charge >= 0.3 is 5.97 Å². The summed E-state index contributed by atoms with van der Waals surface area (Å²) in [5.41, 5.74) is 4.37. The predicted molar refractivity (Wildman–Crippen MR) is 142 cm³/mol. The Morgan fingerprint density at radius 1 is 1.11 bits per heavy atom. The van der Waals surface area contributed by atoms with Crippen molar-refractivity contribution in [2.75, 3.05) is 13.2 Å². The van der Waals surface area contributed by atoms with Gasteiger partial charge < -0.3 is 19.7 Å². The predicted octanol–water partition coefficient (Wildman–Crippen LogP) is 4.87. The Morgan fingerprint density at radius 2 is 1.89 bits per heavy atom. The third-order valence-electron chi connectivity index (χ3n) is 6.75. The lowest BCUT2D eigenvalue weighted by Crippen LogP contribution is -2.33. The molecule has 38 heavy (non-hydrogen) atoms. The maximum atomic E-state index is 13.5. The summed E-state index contributed by atoms with van der Waals surface area (Å²) in [6.07, 6.45) is 5.38. The topological polar surface area (TPSA) is 113 Å². The molecule has 0 aliphatic carbocycles. The van der Waals surface area contributed by atoms with Gasteiger partial charge in [0.2, 0.25) is 0 Å². The molecule has 4 aromatic rings. The van der Waals surface area contributed by atoms with E-state index in [0.717, 1.165) is 22.0 Å². The molecule has 0 fully saturated rings. The van der Waals surface area contributed by atoms with E-state index in [1.165, 1.54) is 11.1 Å². The average Bonchev–Trinajstić information content (AvgIpc) is 3.45. The van der Waals surface area contributed by atoms with Gasteiger partial charge in [0.25, 0.3) is 5.91 Å². The molecule has 0 spiro atoms. The Morgan fingerprint density at radius 3 is 2.61 bits per heavy atom. The lowest BCUT2D eigenvalue weighted by molar-refractivity contribution is -0.129. The Bertz CT molecular complexity index is 1550. The molecule has 1 aliphatic heterocycles. The standard InChI is InChI=1S/C30H27N3O5/c1-3-38-30(37)20-9-7-19(8-10-20)26-25(27(34)22-5-4-13-31-16-22)28(35)29(36)33(26)14-12-21-17-32-24-15-18(2)6-11-23(21)24/h4-11,13,15-17,26,32,35H,3,12,14H2,1-2H3. The van der Waals surface area contributed by atoms with Crippen LogP contribution in [0, 0.1) is 6.92 Å². The minimum Gasteiger partial charge on any atom is -0.503 e. The number of nitrogens with zero attached hydrogens (tertiary/aromatic N) is 2. The number of aromatic amines is 1. The minimum absolute atomic E-state index is 0.0126. The quantitative estimate of drug-likeness (QED) is 0.259. The second kappa shape index (κ2) is 10.3. The van der Waals surface area contributed by atoms with E-state index in [9.17, 15) is 19.5 Å². The fourth-order valence-electron chi connectivity index (χ4n) is 4.88. The fourth-order valence-corrected chi connectivity index (χ4v) is 4.88. The summed E-state index contributed by atoms with van der Waals surface area (Å²) in [5.74, 6) is -2.13. The van der Waals surface area contributed by atoms with Crippen molar-refractivity contribution in [1.29, 1.82) is 0 Å². The van der Waals surface area contributed by atoms with Crippen molar-refractivity contribution >= 4 is 28.6 Å². The number of hydrogen-bond donors (Lipinski definition) is 2. The molecule has 1 atom stereocenters. The molecule has 1 aliphatic rings. The molecule has 3 heterocycles. The number of benzene rings is 2. The van der Waals surface area contributed by atoms with Crippen molar-refractivity contribution in [3.8, 4) is 0 Å². The summed E-state index contributed by atoms with van der Waals surface area (Å²) in [6, 6.07) is 15.1. The van der Waals surface area contributed by atoms with Gasteiger partial charge in [-0.1, -0.05) is 24.3 Å². The van der Waals surface area contributed by atoms with E-state index < -0.39 is 29.5 Å². The molecule has 0 saturated heterocycles. The lowest BCUT2D eigenvalue weighted by atomic mass is 9.92. The fraction of sp³-hybridized carbons (Fsp3) is 0.200. The lowest BCUT2D eigenvalue weighted by Gasteiger charge is -2.27. The molecule has 2 N–H and O–H groups in total. The van der Waals surface area contributed by atoms with Gasteiger partial charge in [-0.3, -0.25) is 14.6 Å². The highest BCUT2D eigenvalue weighted by Gasteiger charge is 2.43. The first-order valence-electron chi connectivity index (χ1n) is 12.4. The van der Waals surface area contributed by atoms with Crippen LogP contribution >= 0.6 is 0 Å². The number of amides is 1. The van der Waals surface area contributed by atoms with Crippen molar-refractivity contribution in [3.63, 3.8) is 0 Å². The average molecular weight is 510 g/mol. The summed E-state index contributed by atoms with van der Waals surface area (Å²) in [5, 5.41) is 12.0. The number of Topliss-reactive ketones (excluding diaryl/α,β-unsaturated/α-hetero) is 1. The number of carbonyl (C=O) groups is 3. The van der Waals surface area contributed by atoms with E-state index in [1.54, 1.807) is 49.5 Å². The number of H-pyrrole nitrogens is 1. The SMILES string of the molecule is CCOC(=O)c1ccc(C2C(C(=O)c3cccnc3)=C(O)C(=O)N2CCc2c[nH]c3cc(C)ccc23)cc1. The monoisotopic (exact) mass is 509 g/mol. The molecule has 0 bridgehead atoms. The second-order valence-corrected chi connectivity index (χ2v) is 9.19. The summed E-state index contributed by atoms with van der Waals surface area (Å²) < 4.78 is 5.07. The number of aliphatic hydroxyl groups excluding tert-OH is 1. The number of aliphatic hydroxyl groups is 1. The number of rotatable bonds is 8. The molecule has 0 saturated carbocycles. The number of hydrogen-bond acceptors (Lipinski definition) is 6. The van der Waals surface area contributed by atoms with Crippen LogP contribution < -0.4 is 0 Å². The molecule has 1 unspecified atom stereocenters. The van der Waals surface area contributed by atoms with Crippen molar-refractivity contribution in [2.45, 2.75) is 26.3 Å². The second-order valence-electron chi connectivity index (χ2n) is 9.19. The number of carbonyl (C=O) groups excluding carboxylic acids is 3. The zero-order chi connectivity index (χ0) is 26.8. The van der Waals surface area contributed by atoms with Gasteiger partial charge in [0, 0.05) is 41.6 Å². The van der Waals surface area contributed by atoms with E-state index in [2.05, 4.69) is 16.0 Å². The van der Waals surface area contributed by atoms with Crippen LogP contribution in [0.3, 0.4) is 0 Å². The largest absolute Gasteiger partial charge is 0.503 e. The van der Waals surface area contributed by atoms with Crippen LogP contribution in [0.5, 0.6) is 0 Å². The molecule has 1 amide bonds. The van der Waals surface area contributed by atoms with Gasteiger partial charge in [0.15, 0.2) is 11.5 Å². The van der Waals surface area contributed by atoms with Crippen LogP contribution in [0.15, 0.2) is 84.5 Å². The molecule has 5 rings (SSSR count). The molecule has 0 radical (unpaired) electrons. The van der Waals surface area contributed by atoms with Gasteiger partial charge in [-0.2, -0.15) is 0 Å². The molecule has 8 heteroatoms.